The molecule has 1 rings (SSSR count). The molecular formula is C9H11ClN2. The van der Waals surface area contributed by atoms with Gasteiger partial charge in [0.2, 0.25) is 0 Å². The molecule has 12 heavy (non-hydrogen) atoms. The average molecular weight is 183 g/mol. The Kier molecular flexibility index (Phi) is 2.71. The van der Waals surface area contributed by atoms with E-state index < -0.39 is 0 Å². The first kappa shape index (κ1) is 9.07. The molecule has 0 saturated carbocycles. The van der Waals surface area contributed by atoms with Crippen LogP contribution in [0, 0.1) is 5.41 Å². The van der Waals surface area contributed by atoms with Gasteiger partial charge in [-0.2, -0.15) is 0 Å². The predicted molar refractivity (Wildman–Crippen MR) is 52.0 cm³/mol. The minimum atomic E-state index is 0.492. The zero-order valence-corrected chi connectivity index (χ0v) is 7.89. The van der Waals surface area contributed by atoms with E-state index in [0.29, 0.717) is 10.9 Å². The van der Waals surface area contributed by atoms with Gasteiger partial charge >= 0.3 is 0 Å². The Morgan fingerprint density at radius 2 is 1.75 bits per heavy atom. The van der Waals surface area contributed by atoms with Crippen molar-refractivity contribution in [3.8, 4) is 0 Å². The second-order valence-corrected chi connectivity index (χ2v) is 3.19. The maximum atomic E-state index is 7.64. The van der Waals surface area contributed by atoms with Gasteiger partial charge < -0.3 is 4.90 Å². The van der Waals surface area contributed by atoms with Crippen LogP contribution in [-0.4, -0.2) is 24.8 Å². The van der Waals surface area contributed by atoms with E-state index in [-0.39, 0.29) is 0 Å². The number of nitrogens with zero attached hydrogens (tertiary/aromatic N) is 1. The molecule has 0 bridgehead atoms. The molecule has 0 atom stereocenters. The number of rotatable bonds is 1. The van der Waals surface area contributed by atoms with Gasteiger partial charge in [-0.15, -0.1) is 0 Å². The summed E-state index contributed by atoms with van der Waals surface area (Å²) in [6.07, 6.45) is 0. The fourth-order valence-corrected chi connectivity index (χ4v) is 0.992. The summed E-state index contributed by atoms with van der Waals surface area (Å²) >= 11 is 5.71. The molecule has 0 aliphatic carbocycles. The van der Waals surface area contributed by atoms with Crippen LogP contribution in [-0.2, 0) is 0 Å². The van der Waals surface area contributed by atoms with Crippen molar-refractivity contribution in [1.29, 1.82) is 5.41 Å². The minimum Gasteiger partial charge on any atom is -0.363 e. The molecule has 0 radical (unpaired) electrons. The number of nitrogens with one attached hydrogen (secondary N) is 1. The van der Waals surface area contributed by atoms with Crippen molar-refractivity contribution >= 4 is 17.4 Å². The standard InChI is InChI=1S/C9H11ClN2/c1-12(2)9(11)7-3-5-8(10)6-4-7/h3-6,11H,1-2H3. The van der Waals surface area contributed by atoms with Crippen molar-refractivity contribution < 1.29 is 0 Å². The van der Waals surface area contributed by atoms with Crippen LogP contribution in [0.25, 0.3) is 0 Å². The summed E-state index contributed by atoms with van der Waals surface area (Å²) in [4.78, 5) is 1.75. The Bertz CT molecular complexity index is 277. The lowest BCUT2D eigenvalue weighted by Crippen LogP contribution is -2.21. The second-order valence-electron chi connectivity index (χ2n) is 2.75. The Morgan fingerprint density at radius 3 is 2.17 bits per heavy atom. The van der Waals surface area contributed by atoms with Crippen molar-refractivity contribution in [2.45, 2.75) is 0 Å². The van der Waals surface area contributed by atoms with E-state index in [1.807, 2.05) is 26.2 Å². The maximum absolute atomic E-state index is 7.64. The van der Waals surface area contributed by atoms with Crippen LogP contribution in [0.5, 0.6) is 0 Å². The number of hydrogen-bond acceptors (Lipinski definition) is 1. The molecule has 0 unspecified atom stereocenters. The molecule has 1 aromatic rings. The van der Waals surface area contributed by atoms with Crippen molar-refractivity contribution in [3.05, 3.63) is 34.9 Å². The van der Waals surface area contributed by atoms with Crippen LogP contribution in [0.4, 0.5) is 0 Å². The summed E-state index contributed by atoms with van der Waals surface area (Å²) in [7, 11) is 3.69. The van der Waals surface area contributed by atoms with Crippen molar-refractivity contribution in [3.63, 3.8) is 0 Å². The molecule has 0 aromatic heterocycles. The van der Waals surface area contributed by atoms with Crippen LogP contribution < -0.4 is 0 Å². The molecule has 0 spiro atoms. The molecule has 0 heterocycles. The Morgan fingerprint density at radius 1 is 1.25 bits per heavy atom. The van der Waals surface area contributed by atoms with E-state index in [2.05, 4.69) is 0 Å². The molecule has 0 aliphatic rings. The SMILES string of the molecule is CN(C)C(=N)c1ccc(Cl)cc1. The van der Waals surface area contributed by atoms with Crippen molar-refractivity contribution in [2.24, 2.45) is 0 Å². The topological polar surface area (TPSA) is 27.1 Å². The van der Waals surface area contributed by atoms with Gasteiger partial charge in [-0.1, -0.05) is 11.6 Å². The van der Waals surface area contributed by atoms with Crippen LogP contribution in [0.2, 0.25) is 5.02 Å². The number of benzene rings is 1. The van der Waals surface area contributed by atoms with Crippen LogP contribution in [0.1, 0.15) is 5.56 Å². The largest absolute Gasteiger partial charge is 0.363 e. The highest BCUT2D eigenvalue weighted by molar-refractivity contribution is 6.30. The lowest BCUT2D eigenvalue weighted by Gasteiger charge is -2.13. The molecule has 2 nitrogen and oxygen atoms in total. The average Bonchev–Trinajstić information content (AvgIpc) is 2.04. The first-order valence-corrected chi connectivity index (χ1v) is 4.01. The van der Waals surface area contributed by atoms with Gasteiger partial charge in [-0.05, 0) is 24.3 Å². The summed E-state index contributed by atoms with van der Waals surface area (Å²) in [5.41, 5.74) is 0.879. The zero-order chi connectivity index (χ0) is 9.14. The first-order chi connectivity index (χ1) is 5.61. The first-order valence-electron chi connectivity index (χ1n) is 3.63. The molecule has 0 saturated heterocycles. The lowest BCUT2D eigenvalue weighted by molar-refractivity contribution is 0.619. The smallest absolute Gasteiger partial charge is 0.127 e. The summed E-state index contributed by atoms with van der Waals surface area (Å²) in [6.45, 7) is 0. The molecular weight excluding hydrogens is 172 g/mol. The molecule has 64 valence electrons. The van der Waals surface area contributed by atoms with Gasteiger partial charge in [0, 0.05) is 24.7 Å². The Labute approximate surface area is 77.3 Å². The van der Waals surface area contributed by atoms with Gasteiger partial charge in [0.25, 0.3) is 0 Å². The zero-order valence-electron chi connectivity index (χ0n) is 7.13. The van der Waals surface area contributed by atoms with E-state index in [4.69, 9.17) is 17.0 Å². The van der Waals surface area contributed by atoms with Gasteiger partial charge in [-0.25, -0.2) is 0 Å². The number of amidine groups is 1. The van der Waals surface area contributed by atoms with Crippen molar-refractivity contribution in [2.75, 3.05) is 14.1 Å². The molecule has 0 fully saturated rings. The lowest BCUT2D eigenvalue weighted by atomic mass is 10.2. The minimum absolute atomic E-state index is 0.492. The molecule has 1 aromatic carbocycles. The van der Waals surface area contributed by atoms with E-state index in [1.165, 1.54) is 0 Å². The van der Waals surface area contributed by atoms with Gasteiger partial charge in [-0.3, -0.25) is 5.41 Å². The quantitative estimate of drug-likeness (QED) is 0.524. The van der Waals surface area contributed by atoms with Gasteiger partial charge in [0.1, 0.15) is 5.84 Å². The summed E-state index contributed by atoms with van der Waals surface area (Å²) in [5, 5.41) is 8.34. The predicted octanol–water partition coefficient (Wildman–Crippen LogP) is 2.23. The summed E-state index contributed by atoms with van der Waals surface area (Å²) in [6, 6.07) is 7.25. The van der Waals surface area contributed by atoms with Crippen LogP contribution in [0.3, 0.4) is 0 Å². The molecule has 0 aliphatic heterocycles. The van der Waals surface area contributed by atoms with Gasteiger partial charge in [0.15, 0.2) is 0 Å². The third-order valence-electron chi connectivity index (χ3n) is 1.56. The highest BCUT2D eigenvalue weighted by Crippen LogP contribution is 2.10. The van der Waals surface area contributed by atoms with Crippen molar-refractivity contribution in [1.82, 2.24) is 4.90 Å². The summed E-state index contributed by atoms with van der Waals surface area (Å²) < 4.78 is 0. The molecule has 1 N–H and O–H groups in total. The maximum Gasteiger partial charge on any atom is 0.127 e. The molecule has 0 amide bonds. The van der Waals surface area contributed by atoms with E-state index >= 15 is 0 Å². The monoisotopic (exact) mass is 182 g/mol. The second kappa shape index (κ2) is 3.59. The highest BCUT2D eigenvalue weighted by atomic mass is 35.5. The highest BCUT2D eigenvalue weighted by Gasteiger charge is 2.01. The Balaban J connectivity index is 2.90. The normalized spacial score (nSPS) is 9.58. The van der Waals surface area contributed by atoms with E-state index in [9.17, 15) is 0 Å². The van der Waals surface area contributed by atoms with Gasteiger partial charge in [0.05, 0.1) is 0 Å². The fraction of sp³-hybridized carbons (Fsp3) is 0.222. The fourth-order valence-electron chi connectivity index (χ4n) is 0.866. The van der Waals surface area contributed by atoms with Crippen LogP contribution in [0.15, 0.2) is 24.3 Å². The Hall–Kier alpha value is -1.02. The van der Waals surface area contributed by atoms with E-state index in [0.717, 1.165) is 5.56 Å². The number of halogens is 1. The third-order valence-corrected chi connectivity index (χ3v) is 1.82. The summed E-state index contributed by atoms with van der Waals surface area (Å²) in [5.74, 6) is 0.492. The van der Waals surface area contributed by atoms with E-state index in [1.54, 1.807) is 17.0 Å². The number of hydrogen-bond donors (Lipinski definition) is 1. The molecule has 3 heteroatoms. The van der Waals surface area contributed by atoms with Crippen LogP contribution >= 0.6 is 11.6 Å². The third kappa shape index (κ3) is 1.98.